The zero-order chi connectivity index (χ0) is 14.7. The average molecular weight is 355 g/mol. The lowest BCUT2D eigenvalue weighted by Crippen LogP contribution is -2.17. The minimum atomic E-state index is -0.260. The number of anilines is 2. The Kier molecular flexibility index (Phi) is 4.65. The molecule has 0 aliphatic heterocycles. The minimum Gasteiger partial charge on any atom is -0.323 e. The summed E-state index contributed by atoms with van der Waals surface area (Å²) in [4.78, 5) is 12.3. The molecule has 4 nitrogen and oxygen atoms in total. The Hall–Kier alpha value is -1.56. The third-order valence-corrected chi connectivity index (χ3v) is 3.68. The third-order valence-electron chi connectivity index (χ3n) is 2.75. The summed E-state index contributed by atoms with van der Waals surface area (Å²) in [5.41, 5.74) is 5.13. The number of hydrogen-bond acceptors (Lipinski definition) is 3. The number of hydrogen-bond donors (Lipinski definition) is 3. The molecule has 0 atom stereocenters. The molecule has 104 valence electrons. The van der Waals surface area contributed by atoms with Gasteiger partial charge in [0.25, 0.3) is 5.91 Å². The van der Waals surface area contributed by atoms with Crippen LogP contribution < -0.4 is 16.6 Å². The van der Waals surface area contributed by atoms with Crippen molar-refractivity contribution in [2.45, 2.75) is 6.92 Å². The summed E-state index contributed by atoms with van der Waals surface area (Å²) in [7, 11) is 0. The molecule has 1 amide bonds. The summed E-state index contributed by atoms with van der Waals surface area (Å²) >= 11 is 9.29. The smallest absolute Gasteiger partial charge is 0.257 e. The normalized spacial score (nSPS) is 10.2. The highest BCUT2D eigenvalue weighted by Gasteiger charge is 2.13. The van der Waals surface area contributed by atoms with Gasteiger partial charge in [-0.15, -0.1) is 0 Å². The van der Waals surface area contributed by atoms with E-state index >= 15 is 0 Å². The van der Waals surface area contributed by atoms with Crippen LogP contribution in [0.1, 0.15) is 15.9 Å². The molecule has 0 heterocycles. The molecular weight excluding hydrogens is 342 g/mol. The van der Waals surface area contributed by atoms with Crippen molar-refractivity contribution < 1.29 is 4.79 Å². The Morgan fingerprint density at radius 1 is 1.20 bits per heavy atom. The number of carbonyl (C=O) groups is 1. The number of rotatable bonds is 3. The van der Waals surface area contributed by atoms with E-state index in [1.165, 1.54) is 0 Å². The number of carbonyl (C=O) groups excluding carboxylic acids is 1. The molecule has 6 heteroatoms. The van der Waals surface area contributed by atoms with Crippen molar-refractivity contribution in [3.05, 3.63) is 57.0 Å². The van der Waals surface area contributed by atoms with Crippen LogP contribution in [0, 0.1) is 6.92 Å². The maximum absolute atomic E-state index is 12.3. The summed E-state index contributed by atoms with van der Waals surface area (Å²) in [5, 5.41) is 3.35. The van der Waals surface area contributed by atoms with Gasteiger partial charge in [-0.3, -0.25) is 10.6 Å². The first-order valence-corrected chi connectivity index (χ1v) is 7.02. The van der Waals surface area contributed by atoms with E-state index in [1.54, 1.807) is 30.3 Å². The quantitative estimate of drug-likeness (QED) is 0.577. The van der Waals surface area contributed by atoms with E-state index in [0.29, 0.717) is 22.0 Å². The Balaban J connectivity index is 2.32. The third kappa shape index (κ3) is 3.30. The summed E-state index contributed by atoms with van der Waals surface area (Å²) in [6.45, 7) is 1.91. The molecule has 0 aliphatic carbocycles. The van der Waals surface area contributed by atoms with E-state index in [9.17, 15) is 4.79 Å². The molecule has 0 radical (unpaired) electrons. The summed E-state index contributed by atoms with van der Waals surface area (Å²) < 4.78 is 0.755. The number of nitrogens with one attached hydrogen (secondary N) is 2. The molecule has 0 bridgehead atoms. The molecule has 0 aliphatic rings. The highest BCUT2D eigenvalue weighted by atomic mass is 79.9. The Bertz CT molecular complexity index is 661. The number of amides is 1. The number of nitrogens with two attached hydrogens (primary N) is 1. The van der Waals surface area contributed by atoms with Crippen LogP contribution in [0.5, 0.6) is 0 Å². The number of aryl methyl sites for hydroxylation is 1. The van der Waals surface area contributed by atoms with Crippen LogP contribution in [-0.4, -0.2) is 5.91 Å². The predicted octanol–water partition coefficient (Wildman–Crippen LogP) is 3.95. The molecule has 0 saturated heterocycles. The van der Waals surface area contributed by atoms with Gasteiger partial charge in [0.1, 0.15) is 0 Å². The van der Waals surface area contributed by atoms with Gasteiger partial charge in [-0.2, -0.15) is 0 Å². The molecule has 0 spiro atoms. The van der Waals surface area contributed by atoms with Gasteiger partial charge in [-0.1, -0.05) is 23.2 Å². The molecule has 0 fully saturated rings. The van der Waals surface area contributed by atoms with Crippen molar-refractivity contribution in [3.63, 3.8) is 0 Å². The molecule has 0 unspecified atom stereocenters. The SMILES string of the molecule is Cc1ccc(NN)c(C(=O)Nc2cc(Cl)ccc2Br)c1. The van der Waals surface area contributed by atoms with Crippen molar-refractivity contribution in [3.8, 4) is 0 Å². The summed E-state index contributed by atoms with van der Waals surface area (Å²) in [6, 6.07) is 10.6. The lowest BCUT2D eigenvalue weighted by molar-refractivity contribution is 0.102. The van der Waals surface area contributed by atoms with Crippen molar-refractivity contribution in [2.24, 2.45) is 5.84 Å². The second-order valence-corrected chi connectivity index (χ2v) is 5.56. The second kappa shape index (κ2) is 6.26. The van der Waals surface area contributed by atoms with Crippen LogP contribution in [0.15, 0.2) is 40.9 Å². The Morgan fingerprint density at radius 2 is 1.95 bits per heavy atom. The van der Waals surface area contributed by atoms with Crippen LogP contribution >= 0.6 is 27.5 Å². The van der Waals surface area contributed by atoms with Gasteiger partial charge in [0, 0.05) is 9.50 Å². The fourth-order valence-electron chi connectivity index (χ4n) is 1.75. The highest BCUT2D eigenvalue weighted by molar-refractivity contribution is 9.10. The molecule has 2 aromatic rings. The maximum Gasteiger partial charge on any atom is 0.257 e. The average Bonchev–Trinajstić information content (AvgIpc) is 2.42. The number of nitrogen functional groups attached to an aromatic ring is 1. The van der Waals surface area contributed by atoms with Gasteiger partial charge in [0.15, 0.2) is 0 Å². The molecular formula is C14H13BrClN3O. The Labute approximate surface area is 130 Å². The van der Waals surface area contributed by atoms with Gasteiger partial charge in [0.2, 0.25) is 0 Å². The molecule has 4 N–H and O–H groups in total. The van der Waals surface area contributed by atoms with E-state index in [0.717, 1.165) is 10.0 Å². The van der Waals surface area contributed by atoms with E-state index in [1.807, 2.05) is 13.0 Å². The first-order valence-electron chi connectivity index (χ1n) is 5.85. The van der Waals surface area contributed by atoms with Crippen LogP contribution in [0.4, 0.5) is 11.4 Å². The largest absolute Gasteiger partial charge is 0.323 e. The molecule has 20 heavy (non-hydrogen) atoms. The van der Waals surface area contributed by atoms with Crippen molar-refractivity contribution >= 4 is 44.8 Å². The lowest BCUT2D eigenvalue weighted by Gasteiger charge is -2.12. The first-order chi connectivity index (χ1) is 9.51. The maximum atomic E-state index is 12.3. The van der Waals surface area contributed by atoms with E-state index < -0.39 is 0 Å². The van der Waals surface area contributed by atoms with E-state index in [2.05, 4.69) is 26.7 Å². The zero-order valence-corrected chi connectivity index (χ0v) is 13.0. The predicted molar refractivity (Wildman–Crippen MR) is 86.1 cm³/mol. The fourth-order valence-corrected chi connectivity index (χ4v) is 2.27. The molecule has 2 rings (SSSR count). The topological polar surface area (TPSA) is 67.1 Å². The standard InChI is InChI=1S/C14H13BrClN3O/c1-8-2-5-12(19-17)10(6-8)14(20)18-13-7-9(16)3-4-11(13)15/h2-7,19H,17H2,1H3,(H,18,20). The summed E-state index contributed by atoms with van der Waals surface area (Å²) in [6.07, 6.45) is 0. The zero-order valence-electron chi connectivity index (χ0n) is 10.7. The van der Waals surface area contributed by atoms with Crippen LogP contribution in [0.3, 0.4) is 0 Å². The van der Waals surface area contributed by atoms with E-state index in [-0.39, 0.29) is 5.91 Å². The molecule has 0 aromatic heterocycles. The van der Waals surface area contributed by atoms with Crippen LogP contribution in [-0.2, 0) is 0 Å². The molecule has 0 saturated carbocycles. The monoisotopic (exact) mass is 353 g/mol. The number of hydrazine groups is 1. The van der Waals surface area contributed by atoms with E-state index in [4.69, 9.17) is 17.4 Å². The van der Waals surface area contributed by atoms with Gasteiger partial charge in [-0.25, -0.2) is 0 Å². The van der Waals surface area contributed by atoms with Crippen molar-refractivity contribution in [1.82, 2.24) is 0 Å². The Morgan fingerprint density at radius 3 is 2.65 bits per heavy atom. The van der Waals surface area contributed by atoms with Gasteiger partial charge in [0.05, 0.1) is 16.9 Å². The lowest BCUT2D eigenvalue weighted by atomic mass is 10.1. The number of halogens is 2. The van der Waals surface area contributed by atoms with Crippen LogP contribution in [0.2, 0.25) is 5.02 Å². The second-order valence-electron chi connectivity index (χ2n) is 4.27. The van der Waals surface area contributed by atoms with Crippen molar-refractivity contribution in [1.29, 1.82) is 0 Å². The molecule has 2 aromatic carbocycles. The van der Waals surface area contributed by atoms with Gasteiger partial charge < -0.3 is 10.7 Å². The number of benzene rings is 2. The highest BCUT2D eigenvalue weighted by Crippen LogP contribution is 2.27. The summed E-state index contributed by atoms with van der Waals surface area (Å²) in [5.74, 6) is 5.17. The van der Waals surface area contributed by atoms with Crippen LogP contribution in [0.25, 0.3) is 0 Å². The van der Waals surface area contributed by atoms with Crippen molar-refractivity contribution in [2.75, 3.05) is 10.7 Å². The van der Waals surface area contributed by atoms with Gasteiger partial charge in [-0.05, 0) is 53.2 Å². The minimum absolute atomic E-state index is 0.260. The van der Waals surface area contributed by atoms with Gasteiger partial charge >= 0.3 is 0 Å². The first kappa shape index (κ1) is 14.8. The fraction of sp³-hybridized carbons (Fsp3) is 0.0714.